The number of aromatic nitrogens is 2. The van der Waals surface area contributed by atoms with Gasteiger partial charge in [0.05, 0.1) is 5.52 Å². The Morgan fingerprint density at radius 2 is 2.30 bits per heavy atom. The van der Waals surface area contributed by atoms with Crippen LogP contribution in [-0.4, -0.2) is 9.61 Å². The van der Waals surface area contributed by atoms with Gasteiger partial charge in [0.2, 0.25) is 0 Å². The van der Waals surface area contributed by atoms with Gasteiger partial charge in [-0.3, -0.25) is 5.10 Å². The largest absolute Gasteiger partial charge is 0.300 e. The summed E-state index contributed by atoms with van der Waals surface area (Å²) in [4.78, 5) is 10.1. The van der Waals surface area contributed by atoms with Crippen LogP contribution in [0.4, 0.5) is 5.82 Å². The van der Waals surface area contributed by atoms with Crippen LogP contribution in [0.25, 0.3) is 5.52 Å². The van der Waals surface area contributed by atoms with E-state index in [9.17, 15) is 4.91 Å². The maximum absolute atomic E-state index is 10.1. The van der Waals surface area contributed by atoms with Crippen molar-refractivity contribution in [2.24, 2.45) is 5.18 Å². The van der Waals surface area contributed by atoms with Crippen LogP contribution in [-0.2, 0) is 0 Å². The molecule has 2 rings (SSSR count). The number of nitroso groups, excluding NO2 is 1. The summed E-state index contributed by atoms with van der Waals surface area (Å²) in [5.41, 5.74) is 0.953. The number of aromatic amines is 1. The van der Waals surface area contributed by atoms with Gasteiger partial charge in [-0.2, -0.15) is 0 Å². The molecule has 0 saturated heterocycles. The number of nitrogens with one attached hydrogen (secondary N) is 1. The maximum Gasteiger partial charge on any atom is 0.196 e. The van der Waals surface area contributed by atoms with Crippen LogP contribution in [0.1, 0.15) is 0 Å². The van der Waals surface area contributed by atoms with Gasteiger partial charge in [0, 0.05) is 6.20 Å². The van der Waals surface area contributed by atoms with Gasteiger partial charge in [-0.05, 0) is 23.4 Å². The molecule has 4 heteroatoms. The zero-order valence-electron chi connectivity index (χ0n) is 5.11. The van der Waals surface area contributed by atoms with Crippen molar-refractivity contribution in [1.29, 1.82) is 0 Å². The maximum atomic E-state index is 10.1. The van der Waals surface area contributed by atoms with E-state index in [1.54, 1.807) is 16.8 Å². The Morgan fingerprint density at radius 3 is 3.10 bits per heavy atom. The molecule has 0 fully saturated rings. The average Bonchev–Trinajstić information content (AvgIpc) is 2.44. The number of hydrogen-bond acceptors (Lipinski definition) is 2. The van der Waals surface area contributed by atoms with Gasteiger partial charge in [0.25, 0.3) is 0 Å². The summed E-state index contributed by atoms with van der Waals surface area (Å²) in [7, 11) is 0. The lowest BCUT2D eigenvalue weighted by Crippen LogP contribution is -1.78. The molecular weight excluding hydrogens is 130 g/mol. The van der Waals surface area contributed by atoms with Gasteiger partial charge >= 0.3 is 0 Å². The molecule has 0 atom stereocenters. The van der Waals surface area contributed by atoms with Crippen LogP contribution < -0.4 is 0 Å². The van der Waals surface area contributed by atoms with Crippen molar-refractivity contribution in [3.63, 3.8) is 0 Å². The fourth-order valence-corrected chi connectivity index (χ4v) is 0.980. The molecule has 50 valence electrons. The number of fused-ring (bicyclic) bond motifs is 1. The minimum atomic E-state index is 0.403. The molecule has 0 unspecified atom stereocenters. The van der Waals surface area contributed by atoms with Crippen LogP contribution in [0.15, 0.2) is 29.6 Å². The van der Waals surface area contributed by atoms with E-state index in [1.165, 1.54) is 0 Å². The molecule has 2 heterocycles. The zero-order valence-corrected chi connectivity index (χ0v) is 5.11. The Kier molecular flexibility index (Phi) is 0.887. The lowest BCUT2D eigenvalue weighted by Gasteiger charge is -1.83. The third kappa shape index (κ3) is 0.500. The molecule has 0 spiro atoms. The Morgan fingerprint density at radius 1 is 1.40 bits per heavy atom. The van der Waals surface area contributed by atoms with Crippen molar-refractivity contribution < 1.29 is 0 Å². The van der Waals surface area contributed by atoms with Crippen molar-refractivity contribution in [2.75, 3.05) is 0 Å². The van der Waals surface area contributed by atoms with Gasteiger partial charge in [-0.15, -0.1) is 4.91 Å². The third-order valence-corrected chi connectivity index (χ3v) is 1.44. The Labute approximate surface area is 56.4 Å². The van der Waals surface area contributed by atoms with E-state index in [4.69, 9.17) is 0 Å². The molecule has 0 radical (unpaired) electrons. The highest BCUT2D eigenvalue weighted by Crippen LogP contribution is 2.15. The first-order valence-electron chi connectivity index (χ1n) is 2.90. The first kappa shape index (κ1) is 5.22. The summed E-state index contributed by atoms with van der Waals surface area (Å²) >= 11 is 0. The van der Waals surface area contributed by atoms with Crippen LogP contribution >= 0.6 is 0 Å². The summed E-state index contributed by atoms with van der Waals surface area (Å²) in [6.07, 6.45) is 1.75. The normalized spacial score (nSPS) is 10.4. The molecule has 2 aromatic heterocycles. The van der Waals surface area contributed by atoms with Crippen molar-refractivity contribution in [3.8, 4) is 0 Å². The zero-order chi connectivity index (χ0) is 6.97. The SMILES string of the molecule is O=Nc1ccc2cc[nH]n12. The van der Waals surface area contributed by atoms with Gasteiger partial charge in [0.1, 0.15) is 0 Å². The van der Waals surface area contributed by atoms with Crippen molar-refractivity contribution in [3.05, 3.63) is 29.3 Å². The number of H-pyrrole nitrogens is 1. The van der Waals surface area contributed by atoms with E-state index >= 15 is 0 Å². The Hall–Kier alpha value is -1.58. The number of rotatable bonds is 1. The van der Waals surface area contributed by atoms with E-state index in [2.05, 4.69) is 10.3 Å². The molecule has 10 heavy (non-hydrogen) atoms. The van der Waals surface area contributed by atoms with Crippen molar-refractivity contribution >= 4 is 11.3 Å². The van der Waals surface area contributed by atoms with Gasteiger partial charge in [-0.1, -0.05) is 0 Å². The molecule has 0 bridgehead atoms. The summed E-state index contributed by atoms with van der Waals surface area (Å²) < 4.78 is 1.62. The lowest BCUT2D eigenvalue weighted by atomic mass is 10.5. The highest BCUT2D eigenvalue weighted by Gasteiger charge is 1.99. The average molecular weight is 135 g/mol. The lowest BCUT2D eigenvalue weighted by molar-refractivity contribution is 0.970. The van der Waals surface area contributed by atoms with E-state index in [0.29, 0.717) is 5.82 Å². The fraction of sp³-hybridized carbons (Fsp3) is 0. The first-order chi connectivity index (χ1) is 4.92. The molecule has 2 aromatic rings. The molecule has 0 aliphatic carbocycles. The van der Waals surface area contributed by atoms with Crippen LogP contribution in [0.3, 0.4) is 0 Å². The topological polar surface area (TPSA) is 49.6 Å². The summed E-state index contributed by atoms with van der Waals surface area (Å²) in [5, 5.41) is 5.65. The van der Waals surface area contributed by atoms with E-state index in [-0.39, 0.29) is 0 Å². The molecule has 4 nitrogen and oxygen atoms in total. The molecule has 0 amide bonds. The van der Waals surface area contributed by atoms with E-state index in [0.717, 1.165) is 5.52 Å². The Bertz CT molecular complexity index is 360. The van der Waals surface area contributed by atoms with Crippen molar-refractivity contribution in [1.82, 2.24) is 9.61 Å². The third-order valence-electron chi connectivity index (χ3n) is 1.44. The molecule has 0 aliphatic heterocycles. The fourth-order valence-electron chi connectivity index (χ4n) is 0.980. The predicted molar refractivity (Wildman–Crippen MR) is 37.2 cm³/mol. The quantitative estimate of drug-likeness (QED) is 0.594. The summed E-state index contributed by atoms with van der Waals surface area (Å²) in [5.74, 6) is 0.403. The molecule has 0 saturated carbocycles. The first-order valence-corrected chi connectivity index (χ1v) is 2.90. The molecule has 0 aromatic carbocycles. The second kappa shape index (κ2) is 1.70. The predicted octanol–water partition coefficient (Wildman–Crippen LogP) is 1.67. The highest BCUT2D eigenvalue weighted by atomic mass is 16.3. The highest BCUT2D eigenvalue weighted by molar-refractivity contribution is 5.54. The van der Waals surface area contributed by atoms with Crippen LogP contribution in [0.5, 0.6) is 0 Å². The second-order valence-corrected chi connectivity index (χ2v) is 2.01. The number of nitrogens with zero attached hydrogens (tertiary/aromatic N) is 2. The van der Waals surface area contributed by atoms with Gasteiger partial charge in [0.15, 0.2) is 5.82 Å². The molecular formula is C6H5N3O. The van der Waals surface area contributed by atoms with E-state index in [1.807, 2.05) is 12.1 Å². The molecule has 1 N–H and O–H groups in total. The van der Waals surface area contributed by atoms with Gasteiger partial charge in [-0.25, -0.2) is 4.52 Å². The van der Waals surface area contributed by atoms with Crippen molar-refractivity contribution in [2.45, 2.75) is 0 Å². The van der Waals surface area contributed by atoms with E-state index < -0.39 is 0 Å². The molecule has 0 aliphatic rings. The van der Waals surface area contributed by atoms with Crippen LogP contribution in [0.2, 0.25) is 0 Å². The minimum absolute atomic E-state index is 0.403. The van der Waals surface area contributed by atoms with Crippen LogP contribution in [0, 0.1) is 4.91 Å². The smallest absolute Gasteiger partial charge is 0.196 e. The minimum Gasteiger partial charge on any atom is -0.300 e. The Balaban J connectivity index is 2.88. The standard InChI is InChI=1S/C6H5N3O/c10-8-6-2-1-5-3-4-7-9(5)6/h1-4,7H. The monoisotopic (exact) mass is 135 g/mol. The summed E-state index contributed by atoms with van der Waals surface area (Å²) in [6, 6.07) is 5.36. The van der Waals surface area contributed by atoms with Gasteiger partial charge < -0.3 is 0 Å². The summed E-state index contributed by atoms with van der Waals surface area (Å²) in [6.45, 7) is 0. The number of hydrogen-bond donors (Lipinski definition) is 1. The second-order valence-electron chi connectivity index (χ2n) is 2.01.